The molecule has 2 heterocycles. The van der Waals surface area contributed by atoms with Crippen molar-refractivity contribution in [1.29, 1.82) is 0 Å². The fraction of sp³-hybridized carbons (Fsp3) is 0.333. The van der Waals surface area contributed by atoms with Crippen LogP contribution in [0.3, 0.4) is 0 Å². The summed E-state index contributed by atoms with van der Waals surface area (Å²) in [5.74, 6) is 0.874. The molecule has 2 aromatic carbocycles. The number of nitrogens with one attached hydrogen (secondary N) is 2. The van der Waals surface area contributed by atoms with Gasteiger partial charge in [-0.15, -0.1) is 0 Å². The van der Waals surface area contributed by atoms with Gasteiger partial charge in [0.05, 0.1) is 6.04 Å². The van der Waals surface area contributed by atoms with Crippen molar-refractivity contribution in [2.45, 2.75) is 32.4 Å². The number of hydrogen-bond acceptors (Lipinski definition) is 7. The maximum atomic E-state index is 13.0. The lowest BCUT2D eigenvalue weighted by Crippen LogP contribution is -2.41. The highest BCUT2D eigenvalue weighted by molar-refractivity contribution is 5.78. The summed E-state index contributed by atoms with van der Waals surface area (Å²) in [5.41, 5.74) is 7.68. The van der Waals surface area contributed by atoms with E-state index in [2.05, 4.69) is 30.5 Å². The third-order valence-corrected chi connectivity index (χ3v) is 5.90. The first-order valence-corrected chi connectivity index (χ1v) is 11.1. The topological polar surface area (TPSA) is 109 Å². The van der Waals surface area contributed by atoms with Gasteiger partial charge in [0.15, 0.2) is 5.82 Å². The average molecular weight is 450 g/mol. The molecule has 1 aliphatic heterocycles. The summed E-state index contributed by atoms with van der Waals surface area (Å²) in [5, 5.41) is 6.13. The number of nitrogens with zero attached hydrogens (tertiary/aromatic N) is 4. The van der Waals surface area contributed by atoms with Crippen molar-refractivity contribution >= 4 is 23.5 Å². The molecule has 0 saturated carbocycles. The smallest absolute Gasteiger partial charge is 0.232 e. The van der Waals surface area contributed by atoms with E-state index in [4.69, 9.17) is 5.73 Å². The van der Waals surface area contributed by atoms with E-state index in [9.17, 15) is 9.18 Å². The standard InChI is InChI=1S/C24H28FN7O/c1-16(21-29-23(26)31-24(30-21)28-20-5-3-2-4-6-20)32-13-11-18(12-14-32)22(33)27-15-17-7-9-19(25)10-8-17/h2-10,16,18H,11-15H2,1H3,(H,27,33)(H3,26,28,29,30,31). The lowest BCUT2D eigenvalue weighted by Gasteiger charge is -2.34. The highest BCUT2D eigenvalue weighted by Gasteiger charge is 2.29. The predicted octanol–water partition coefficient (Wildman–Crippen LogP) is 3.43. The molecule has 3 aromatic rings. The molecule has 1 aromatic heterocycles. The number of aromatic nitrogens is 3. The molecule has 172 valence electrons. The number of nitrogen functional groups attached to an aromatic ring is 1. The number of carbonyl (C=O) groups is 1. The highest BCUT2D eigenvalue weighted by Crippen LogP contribution is 2.26. The van der Waals surface area contributed by atoms with Gasteiger partial charge in [-0.3, -0.25) is 9.69 Å². The SMILES string of the molecule is CC(c1nc(N)nc(Nc2ccccc2)n1)N1CCC(C(=O)NCc2ccc(F)cc2)CC1. The molecule has 8 nitrogen and oxygen atoms in total. The second-order valence-corrected chi connectivity index (χ2v) is 8.20. The van der Waals surface area contributed by atoms with Crippen LogP contribution < -0.4 is 16.4 Å². The molecule has 1 aliphatic rings. The number of hydrogen-bond donors (Lipinski definition) is 3. The summed E-state index contributed by atoms with van der Waals surface area (Å²) in [6.07, 6.45) is 1.49. The lowest BCUT2D eigenvalue weighted by molar-refractivity contribution is -0.126. The fourth-order valence-corrected chi connectivity index (χ4v) is 3.95. The molecule has 4 N–H and O–H groups in total. The van der Waals surface area contributed by atoms with Crippen molar-refractivity contribution in [3.63, 3.8) is 0 Å². The van der Waals surface area contributed by atoms with Crippen LogP contribution in [0.25, 0.3) is 0 Å². The molecule has 0 spiro atoms. The van der Waals surface area contributed by atoms with Gasteiger partial charge in [-0.05, 0) is 62.7 Å². The number of piperidine rings is 1. The number of nitrogens with two attached hydrogens (primary N) is 1. The quantitative estimate of drug-likeness (QED) is 0.507. The van der Waals surface area contributed by atoms with Crippen LogP contribution in [-0.2, 0) is 11.3 Å². The predicted molar refractivity (Wildman–Crippen MR) is 125 cm³/mol. The van der Waals surface area contributed by atoms with Crippen LogP contribution in [0, 0.1) is 11.7 Å². The number of likely N-dealkylation sites (tertiary alicyclic amines) is 1. The van der Waals surface area contributed by atoms with Crippen molar-refractivity contribution < 1.29 is 9.18 Å². The lowest BCUT2D eigenvalue weighted by atomic mass is 9.95. The summed E-state index contributed by atoms with van der Waals surface area (Å²) in [4.78, 5) is 27.9. The zero-order chi connectivity index (χ0) is 23.2. The van der Waals surface area contributed by atoms with E-state index in [-0.39, 0.29) is 29.6 Å². The molecule has 0 radical (unpaired) electrons. The molecular weight excluding hydrogens is 421 g/mol. The minimum Gasteiger partial charge on any atom is -0.368 e. The van der Waals surface area contributed by atoms with E-state index in [1.165, 1.54) is 12.1 Å². The van der Waals surface area contributed by atoms with E-state index in [1.54, 1.807) is 12.1 Å². The Labute approximate surface area is 192 Å². The van der Waals surface area contributed by atoms with Gasteiger partial charge < -0.3 is 16.4 Å². The van der Waals surface area contributed by atoms with E-state index in [0.29, 0.717) is 18.3 Å². The molecule has 1 saturated heterocycles. The molecule has 33 heavy (non-hydrogen) atoms. The number of para-hydroxylation sites is 1. The first-order chi connectivity index (χ1) is 16.0. The Morgan fingerprint density at radius 2 is 1.79 bits per heavy atom. The third kappa shape index (κ3) is 6.01. The largest absolute Gasteiger partial charge is 0.368 e. The maximum absolute atomic E-state index is 13.0. The average Bonchev–Trinajstić information content (AvgIpc) is 2.83. The molecule has 0 bridgehead atoms. The van der Waals surface area contributed by atoms with Crippen molar-refractivity contribution in [2.75, 3.05) is 24.1 Å². The fourth-order valence-electron chi connectivity index (χ4n) is 3.95. The number of benzene rings is 2. The van der Waals surface area contributed by atoms with Gasteiger partial charge in [0.2, 0.25) is 17.8 Å². The molecule has 1 atom stereocenters. The molecule has 1 unspecified atom stereocenters. The third-order valence-electron chi connectivity index (χ3n) is 5.90. The number of carbonyl (C=O) groups excluding carboxylic acids is 1. The van der Waals surface area contributed by atoms with Crippen molar-refractivity contribution in [2.24, 2.45) is 5.92 Å². The van der Waals surface area contributed by atoms with Gasteiger partial charge in [0, 0.05) is 18.2 Å². The Bertz CT molecular complexity index is 1070. The van der Waals surface area contributed by atoms with Gasteiger partial charge >= 0.3 is 0 Å². The van der Waals surface area contributed by atoms with Crippen molar-refractivity contribution in [3.8, 4) is 0 Å². The van der Waals surface area contributed by atoms with Crippen LogP contribution >= 0.6 is 0 Å². The summed E-state index contributed by atoms with van der Waals surface area (Å²) in [6, 6.07) is 15.7. The van der Waals surface area contributed by atoms with E-state index < -0.39 is 0 Å². The molecule has 4 rings (SSSR count). The summed E-state index contributed by atoms with van der Waals surface area (Å²) in [7, 11) is 0. The first kappa shape index (κ1) is 22.6. The minimum atomic E-state index is -0.283. The maximum Gasteiger partial charge on any atom is 0.232 e. The minimum absolute atomic E-state index is 0.0328. The summed E-state index contributed by atoms with van der Waals surface area (Å²) >= 11 is 0. The van der Waals surface area contributed by atoms with Crippen LogP contribution in [0.5, 0.6) is 0 Å². The highest BCUT2D eigenvalue weighted by atomic mass is 19.1. The monoisotopic (exact) mass is 449 g/mol. The van der Waals surface area contributed by atoms with Crippen LogP contribution in [0.4, 0.5) is 22.0 Å². The van der Waals surface area contributed by atoms with Gasteiger partial charge in [0.1, 0.15) is 5.82 Å². The van der Waals surface area contributed by atoms with E-state index >= 15 is 0 Å². The Morgan fingerprint density at radius 3 is 2.48 bits per heavy atom. The Balaban J connectivity index is 1.32. The van der Waals surface area contributed by atoms with Gasteiger partial charge in [-0.1, -0.05) is 30.3 Å². The number of halogens is 1. The normalized spacial score (nSPS) is 15.7. The number of anilines is 3. The van der Waals surface area contributed by atoms with E-state index in [0.717, 1.165) is 37.2 Å². The Morgan fingerprint density at radius 1 is 1.09 bits per heavy atom. The van der Waals surface area contributed by atoms with Crippen LogP contribution in [-0.4, -0.2) is 38.8 Å². The second kappa shape index (κ2) is 10.4. The first-order valence-electron chi connectivity index (χ1n) is 11.1. The van der Waals surface area contributed by atoms with Crippen molar-refractivity contribution in [3.05, 3.63) is 71.8 Å². The van der Waals surface area contributed by atoms with Crippen molar-refractivity contribution in [1.82, 2.24) is 25.2 Å². The van der Waals surface area contributed by atoms with E-state index in [1.807, 2.05) is 37.3 Å². The Hall–Kier alpha value is -3.59. The van der Waals surface area contributed by atoms with Crippen LogP contribution in [0.2, 0.25) is 0 Å². The van der Waals surface area contributed by atoms with Crippen LogP contribution in [0.1, 0.15) is 37.2 Å². The zero-order valence-corrected chi connectivity index (χ0v) is 18.5. The molecule has 0 aliphatic carbocycles. The Kier molecular flexibility index (Phi) is 7.09. The molecular formula is C24H28FN7O. The van der Waals surface area contributed by atoms with Gasteiger partial charge in [0.25, 0.3) is 0 Å². The molecule has 1 fully saturated rings. The summed E-state index contributed by atoms with van der Waals surface area (Å²) < 4.78 is 13.0. The molecule has 1 amide bonds. The van der Waals surface area contributed by atoms with Gasteiger partial charge in [-0.2, -0.15) is 15.0 Å². The molecule has 9 heteroatoms. The second-order valence-electron chi connectivity index (χ2n) is 8.20. The van der Waals surface area contributed by atoms with Gasteiger partial charge in [-0.25, -0.2) is 4.39 Å². The zero-order valence-electron chi connectivity index (χ0n) is 18.5. The van der Waals surface area contributed by atoms with Crippen LogP contribution in [0.15, 0.2) is 54.6 Å². The number of rotatable bonds is 7. The number of amides is 1. The summed E-state index contributed by atoms with van der Waals surface area (Å²) in [6.45, 7) is 3.94.